The maximum atomic E-state index is 14.7. The Balaban J connectivity index is 1.07. The van der Waals surface area contributed by atoms with Gasteiger partial charge in [-0.05, 0) is 72.9 Å². The summed E-state index contributed by atoms with van der Waals surface area (Å²) in [6, 6.07) is 14.5. The third-order valence-corrected chi connectivity index (χ3v) is 6.75. The lowest BCUT2D eigenvalue weighted by atomic mass is 10.0. The Bertz CT molecular complexity index is 918. The Kier molecular flexibility index (Phi) is 5.95. The van der Waals surface area contributed by atoms with Crippen molar-refractivity contribution in [3.05, 3.63) is 59.2 Å². The Morgan fingerprint density at radius 1 is 1.03 bits per heavy atom. The molecule has 0 aromatic heterocycles. The first kappa shape index (κ1) is 20.5. The van der Waals surface area contributed by atoms with Crippen LogP contribution in [0.2, 0.25) is 0 Å². The summed E-state index contributed by atoms with van der Waals surface area (Å²) in [6.07, 6.45) is 5.55. The molecule has 1 amide bonds. The molecule has 5 heteroatoms. The topological polar surface area (TPSA) is 41.6 Å². The maximum absolute atomic E-state index is 14.7. The van der Waals surface area contributed by atoms with Crippen molar-refractivity contribution >= 4 is 11.6 Å². The molecular weight excluding hydrogens is 391 g/mol. The highest BCUT2D eigenvalue weighted by Gasteiger charge is 2.25. The summed E-state index contributed by atoms with van der Waals surface area (Å²) in [4.78, 5) is 13.7. The molecule has 3 aliphatic rings. The number of carbonyl (C=O) groups excluding carboxylic acids is 1. The number of carbonyl (C=O) groups is 1. The van der Waals surface area contributed by atoms with E-state index in [2.05, 4.69) is 34.5 Å². The number of hydrogen-bond acceptors (Lipinski definition) is 3. The molecule has 164 valence electrons. The van der Waals surface area contributed by atoms with E-state index in [-0.39, 0.29) is 12.0 Å². The number of alkyl halides is 1. The smallest absolute Gasteiger partial charge is 0.224 e. The zero-order valence-electron chi connectivity index (χ0n) is 18.0. The van der Waals surface area contributed by atoms with Crippen LogP contribution in [0.5, 0.6) is 5.75 Å². The van der Waals surface area contributed by atoms with Gasteiger partial charge in [-0.2, -0.15) is 0 Å². The third-order valence-electron chi connectivity index (χ3n) is 6.75. The fourth-order valence-electron chi connectivity index (χ4n) is 4.78. The maximum Gasteiger partial charge on any atom is 0.224 e. The molecule has 1 aliphatic carbocycles. The number of ether oxygens (including phenoxy) is 1. The molecule has 31 heavy (non-hydrogen) atoms. The van der Waals surface area contributed by atoms with E-state index in [4.69, 9.17) is 4.74 Å². The summed E-state index contributed by atoms with van der Waals surface area (Å²) in [5.41, 5.74) is 4.54. The van der Waals surface area contributed by atoms with Crippen molar-refractivity contribution in [2.24, 2.45) is 0 Å². The number of aryl methyl sites for hydroxylation is 1. The van der Waals surface area contributed by atoms with Gasteiger partial charge in [0.2, 0.25) is 5.91 Å². The highest BCUT2D eigenvalue weighted by molar-refractivity contribution is 5.94. The monoisotopic (exact) mass is 422 g/mol. The van der Waals surface area contributed by atoms with Gasteiger partial charge in [0.05, 0.1) is 0 Å². The first-order valence-electron chi connectivity index (χ1n) is 11.7. The van der Waals surface area contributed by atoms with Gasteiger partial charge in [-0.1, -0.05) is 24.3 Å². The molecule has 4 nitrogen and oxygen atoms in total. The van der Waals surface area contributed by atoms with Crippen LogP contribution in [-0.2, 0) is 17.6 Å². The van der Waals surface area contributed by atoms with Gasteiger partial charge < -0.3 is 15.0 Å². The molecule has 2 aromatic rings. The Morgan fingerprint density at radius 3 is 2.55 bits per heavy atom. The molecule has 0 radical (unpaired) electrons. The summed E-state index contributed by atoms with van der Waals surface area (Å²) in [5, 5.41) is 2.91. The average molecular weight is 423 g/mol. The minimum absolute atomic E-state index is 0.0787. The van der Waals surface area contributed by atoms with Crippen LogP contribution < -0.4 is 10.1 Å². The number of hydrogen-bond donors (Lipinski definition) is 1. The quantitative estimate of drug-likeness (QED) is 0.692. The van der Waals surface area contributed by atoms with Gasteiger partial charge in [-0.15, -0.1) is 0 Å². The van der Waals surface area contributed by atoms with Gasteiger partial charge in [0.1, 0.15) is 18.0 Å². The molecule has 2 heterocycles. The highest BCUT2D eigenvalue weighted by Crippen LogP contribution is 2.40. The highest BCUT2D eigenvalue weighted by atomic mass is 19.1. The molecule has 1 saturated heterocycles. The number of halogens is 1. The molecule has 0 bridgehead atoms. The third kappa shape index (κ3) is 5.27. The molecule has 1 N–H and O–H groups in total. The standard InChI is InChI=1S/C26H31FN2O2/c27-22(15-18-1-3-19(4-2-18)20-5-6-20)17-29-13-11-23(12-14-29)31-24-8-9-25-21(16-24)7-10-26(30)28-25/h1-4,8-9,16,20,22-23H,5-7,10-15,17H2,(H,28,30)/t22-/m0/s1. The Morgan fingerprint density at radius 2 is 1.81 bits per heavy atom. The summed E-state index contributed by atoms with van der Waals surface area (Å²) in [6.45, 7) is 2.23. The summed E-state index contributed by atoms with van der Waals surface area (Å²) < 4.78 is 20.9. The first-order chi connectivity index (χ1) is 15.1. The van der Waals surface area contributed by atoms with E-state index in [9.17, 15) is 9.18 Å². The van der Waals surface area contributed by atoms with Crippen LogP contribution in [-0.4, -0.2) is 42.7 Å². The van der Waals surface area contributed by atoms with E-state index in [0.29, 0.717) is 19.4 Å². The van der Waals surface area contributed by atoms with Gasteiger partial charge in [0, 0.05) is 38.2 Å². The molecule has 1 saturated carbocycles. The minimum atomic E-state index is -0.833. The molecular formula is C26H31FN2O2. The van der Waals surface area contributed by atoms with E-state index in [1.165, 1.54) is 18.4 Å². The van der Waals surface area contributed by atoms with Crippen LogP contribution in [0, 0.1) is 0 Å². The Labute approximate surface area is 183 Å². The molecule has 2 aromatic carbocycles. The van der Waals surface area contributed by atoms with Gasteiger partial charge in [-0.3, -0.25) is 4.79 Å². The summed E-state index contributed by atoms with van der Waals surface area (Å²) in [5.74, 6) is 1.70. The lowest BCUT2D eigenvalue weighted by Gasteiger charge is -2.33. The van der Waals surface area contributed by atoms with Crippen LogP contribution in [0.1, 0.15) is 54.7 Å². The van der Waals surface area contributed by atoms with E-state index < -0.39 is 6.17 Å². The SMILES string of the molecule is O=C1CCc2cc(OC3CCN(C[C@@H](F)Cc4ccc(C5CC5)cc4)CC3)ccc2N1. The zero-order valence-corrected chi connectivity index (χ0v) is 18.0. The van der Waals surface area contributed by atoms with Gasteiger partial charge in [0.15, 0.2) is 0 Å². The van der Waals surface area contributed by atoms with Gasteiger partial charge in [0.25, 0.3) is 0 Å². The number of piperidine rings is 1. The Hall–Kier alpha value is -2.40. The normalized spacial score (nSPS) is 20.7. The largest absolute Gasteiger partial charge is 0.490 e. The summed E-state index contributed by atoms with van der Waals surface area (Å²) in [7, 11) is 0. The van der Waals surface area contributed by atoms with E-state index in [1.54, 1.807) is 0 Å². The number of fused-ring (bicyclic) bond motifs is 1. The second kappa shape index (κ2) is 8.99. The first-order valence-corrected chi connectivity index (χ1v) is 11.7. The predicted octanol–water partition coefficient (Wildman–Crippen LogP) is 4.87. The minimum Gasteiger partial charge on any atom is -0.490 e. The number of amides is 1. The van der Waals surface area contributed by atoms with Crippen molar-refractivity contribution in [3.63, 3.8) is 0 Å². The predicted molar refractivity (Wildman–Crippen MR) is 120 cm³/mol. The van der Waals surface area contributed by atoms with Crippen LogP contribution in [0.3, 0.4) is 0 Å². The molecule has 2 aliphatic heterocycles. The second-order valence-electron chi connectivity index (χ2n) is 9.30. The number of benzene rings is 2. The molecule has 0 spiro atoms. The van der Waals surface area contributed by atoms with Crippen molar-refractivity contribution in [1.29, 1.82) is 0 Å². The number of nitrogens with zero attached hydrogens (tertiary/aromatic N) is 1. The number of likely N-dealkylation sites (tertiary alicyclic amines) is 1. The van der Waals surface area contributed by atoms with Crippen LogP contribution in [0.25, 0.3) is 0 Å². The lowest BCUT2D eigenvalue weighted by molar-refractivity contribution is -0.116. The van der Waals surface area contributed by atoms with Gasteiger partial charge >= 0.3 is 0 Å². The number of anilines is 1. The van der Waals surface area contributed by atoms with Crippen LogP contribution in [0.4, 0.5) is 10.1 Å². The molecule has 2 fully saturated rings. The fraction of sp³-hybridized carbons (Fsp3) is 0.500. The van der Waals surface area contributed by atoms with E-state index in [0.717, 1.165) is 60.8 Å². The van der Waals surface area contributed by atoms with Gasteiger partial charge in [-0.25, -0.2) is 4.39 Å². The summed E-state index contributed by atoms with van der Waals surface area (Å²) >= 11 is 0. The molecule has 1 atom stereocenters. The fourth-order valence-corrected chi connectivity index (χ4v) is 4.78. The molecule has 5 rings (SSSR count). The lowest BCUT2D eigenvalue weighted by Crippen LogP contribution is -2.41. The number of nitrogens with one attached hydrogen (secondary N) is 1. The van der Waals surface area contributed by atoms with Crippen LogP contribution in [0.15, 0.2) is 42.5 Å². The van der Waals surface area contributed by atoms with Crippen molar-refractivity contribution in [2.45, 2.75) is 63.1 Å². The average Bonchev–Trinajstić information content (AvgIpc) is 3.61. The van der Waals surface area contributed by atoms with Crippen molar-refractivity contribution in [2.75, 3.05) is 25.0 Å². The number of rotatable bonds is 7. The van der Waals surface area contributed by atoms with Crippen molar-refractivity contribution < 1.29 is 13.9 Å². The van der Waals surface area contributed by atoms with E-state index >= 15 is 0 Å². The van der Waals surface area contributed by atoms with Crippen molar-refractivity contribution in [1.82, 2.24) is 4.90 Å². The van der Waals surface area contributed by atoms with Crippen LogP contribution >= 0.6 is 0 Å². The zero-order chi connectivity index (χ0) is 21.2. The molecule has 0 unspecified atom stereocenters. The van der Waals surface area contributed by atoms with Crippen molar-refractivity contribution in [3.8, 4) is 5.75 Å². The second-order valence-corrected chi connectivity index (χ2v) is 9.30. The van der Waals surface area contributed by atoms with E-state index in [1.807, 2.05) is 18.2 Å².